The van der Waals surface area contributed by atoms with Crippen molar-refractivity contribution in [3.8, 4) is 0 Å². The largest absolute Gasteiger partial charge is 0.407 e. The van der Waals surface area contributed by atoms with Gasteiger partial charge in [0.2, 0.25) is 10.0 Å². The third kappa shape index (κ3) is 6.99. The summed E-state index contributed by atoms with van der Waals surface area (Å²) in [4.78, 5) is 0.393. The van der Waals surface area contributed by atoms with E-state index in [4.69, 9.17) is 4.43 Å². The van der Waals surface area contributed by atoms with Crippen molar-refractivity contribution in [3.05, 3.63) is 102 Å². The van der Waals surface area contributed by atoms with E-state index in [0.717, 1.165) is 44.1 Å². The van der Waals surface area contributed by atoms with Gasteiger partial charge < -0.3 is 4.43 Å². The molecule has 0 amide bonds. The van der Waals surface area contributed by atoms with Gasteiger partial charge in [-0.2, -0.15) is 4.31 Å². The number of sulfonamides is 1. The van der Waals surface area contributed by atoms with Crippen molar-refractivity contribution < 1.29 is 12.8 Å². The molecule has 3 aromatic carbocycles. The van der Waals surface area contributed by atoms with Gasteiger partial charge in [0, 0.05) is 18.7 Å². The van der Waals surface area contributed by atoms with Gasteiger partial charge in [-0.05, 0) is 72.5 Å². The third-order valence-electron chi connectivity index (χ3n) is 9.40. The molecule has 0 bridgehead atoms. The number of nitrogens with zero attached hydrogens (tertiary/aromatic N) is 1. The van der Waals surface area contributed by atoms with Crippen molar-refractivity contribution in [2.75, 3.05) is 6.61 Å². The molecular weight excluding hydrogens is 579 g/mol. The van der Waals surface area contributed by atoms with Crippen molar-refractivity contribution in [1.29, 1.82) is 0 Å². The lowest BCUT2D eigenvalue weighted by molar-refractivity contribution is 0.174. The Morgan fingerprint density at radius 1 is 0.818 bits per heavy atom. The normalized spacial score (nSPS) is 20.0. The molecule has 4 rings (SSSR count). The summed E-state index contributed by atoms with van der Waals surface area (Å²) in [5, 5.41) is 2.43. The molecule has 6 heteroatoms. The lowest BCUT2D eigenvalue weighted by Crippen LogP contribution is -2.66. The summed E-state index contributed by atoms with van der Waals surface area (Å²) in [7, 11) is -6.36. The first kappa shape index (κ1) is 34.4. The van der Waals surface area contributed by atoms with Crippen LogP contribution in [0.5, 0.6) is 0 Å². The van der Waals surface area contributed by atoms with Crippen LogP contribution in [-0.2, 0) is 14.4 Å². The molecule has 3 atom stereocenters. The summed E-state index contributed by atoms with van der Waals surface area (Å²) in [6, 6.07) is 28.6. The van der Waals surface area contributed by atoms with E-state index < -0.39 is 18.3 Å². The van der Waals surface area contributed by atoms with Crippen molar-refractivity contribution in [1.82, 2.24) is 4.31 Å². The molecule has 0 aliphatic carbocycles. The molecule has 0 saturated heterocycles. The van der Waals surface area contributed by atoms with Gasteiger partial charge >= 0.3 is 0 Å². The van der Waals surface area contributed by atoms with Crippen LogP contribution in [0.15, 0.2) is 101 Å². The van der Waals surface area contributed by atoms with Crippen LogP contribution >= 0.6 is 0 Å². The molecule has 1 aliphatic heterocycles. The molecular formula is C38H53NO3SSi. The van der Waals surface area contributed by atoms with Gasteiger partial charge in [0.15, 0.2) is 0 Å². The van der Waals surface area contributed by atoms with E-state index in [1.165, 1.54) is 15.9 Å². The van der Waals surface area contributed by atoms with Crippen LogP contribution in [0, 0.1) is 12.8 Å². The summed E-state index contributed by atoms with van der Waals surface area (Å²) in [6.07, 6.45) is 7.50. The number of hydrogen-bond donors (Lipinski definition) is 0. The minimum atomic E-state index is -3.70. The van der Waals surface area contributed by atoms with Crippen LogP contribution in [0.1, 0.15) is 85.6 Å². The zero-order valence-corrected chi connectivity index (χ0v) is 29.7. The van der Waals surface area contributed by atoms with Crippen LogP contribution in [-0.4, -0.2) is 39.7 Å². The van der Waals surface area contributed by atoms with Crippen molar-refractivity contribution in [2.24, 2.45) is 5.92 Å². The Morgan fingerprint density at radius 3 is 1.86 bits per heavy atom. The van der Waals surface area contributed by atoms with E-state index in [-0.39, 0.29) is 23.0 Å². The van der Waals surface area contributed by atoms with Gasteiger partial charge in [0.05, 0.1) is 4.90 Å². The first-order chi connectivity index (χ1) is 21.0. The lowest BCUT2D eigenvalue weighted by atomic mass is 9.83. The van der Waals surface area contributed by atoms with Crippen LogP contribution in [0.2, 0.25) is 5.04 Å². The molecule has 0 spiro atoms. The highest BCUT2D eigenvalue weighted by Crippen LogP contribution is 2.40. The maximum Gasteiger partial charge on any atom is 0.261 e. The number of hydrogen-bond acceptors (Lipinski definition) is 3. The molecule has 0 N–H and O–H groups in total. The average Bonchev–Trinajstić information content (AvgIpc) is 3.01. The lowest BCUT2D eigenvalue weighted by Gasteiger charge is -2.45. The zero-order chi connectivity index (χ0) is 32.0. The second-order valence-electron chi connectivity index (χ2n) is 13.3. The van der Waals surface area contributed by atoms with Gasteiger partial charge in [-0.25, -0.2) is 8.42 Å². The highest BCUT2D eigenvalue weighted by atomic mass is 32.2. The standard InChI is InChI=1S/C38H53NO3SSi/c1-8-18-36-31(9-2)29-32(10-3)37(39(36)43(40,41)33-26-24-30(4)25-27-33)23-17-28-42-44(38(5,6)7,34-19-13-11-14-20-34)35-21-15-12-16-22-35/h11-16,19-22,24-27,29,31,36-37H,8-10,17-18,23,28H2,1-7H3/t31-,36+,37-/m0/s1. The minimum Gasteiger partial charge on any atom is -0.407 e. The molecule has 1 aliphatic rings. The maximum atomic E-state index is 14.5. The molecule has 3 aromatic rings. The number of benzene rings is 3. The predicted molar refractivity (Wildman–Crippen MR) is 188 cm³/mol. The van der Waals surface area contributed by atoms with Gasteiger partial charge in [-0.3, -0.25) is 0 Å². The fourth-order valence-electron chi connectivity index (χ4n) is 7.21. The van der Waals surface area contributed by atoms with Gasteiger partial charge in [0.1, 0.15) is 0 Å². The molecule has 0 fully saturated rings. The Labute approximate surface area is 268 Å². The summed E-state index contributed by atoms with van der Waals surface area (Å²) in [6.45, 7) is 16.0. The van der Waals surface area contributed by atoms with E-state index in [9.17, 15) is 8.42 Å². The van der Waals surface area contributed by atoms with Crippen molar-refractivity contribution >= 4 is 28.7 Å². The van der Waals surface area contributed by atoms with Crippen molar-refractivity contribution in [2.45, 2.75) is 109 Å². The van der Waals surface area contributed by atoms with Crippen LogP contribution in [0.3, 0.4) is 0 Å². The van der Waals surface area contributed by atoms with E-state index in [0.29, 0.717) is 11.5 Å². The highest BCUT2D eigenvalue weighted by molar-refractivity contribution is 7.89. The topological polar surface area (TPSA) is 46.6 Å². The minimum absolute atomic E-state index is 0.0470. The SMILES string of the molecule is CCC[C@@H]1[C@@H](CC)C=C(CC)[C@H](CCCO[Si](c2ccccc2)(c2ccccc2)C(C)(C)C)N1S(=O)(=O)c1ccc(C)cc1. The first-order valence-electron chi connectivity index (χ1n) is 16.6. The van der Waals surface area contributed by atoms with Gasteiger partial charge in [0.25, 0.3) is 8.32 Å². The molecule has 238 valence electrons. The van der Waals surface area contributed by atoms with Gasteiger partial charge in [-0.15, -0.1) is 0 Å². The molecule has 0 unspecified atom stereocenters. The third-order valence-corrected chi connectivity index (χ3v) is 16.4. The zero-order valence-electron chi connectivity index (χ0n) is 27.9. The second kappa shape index (κ2) is 14.7. The van der Waals surface area contributed by atoms with E-state index in [2.05, 4.69) is 108 Å². The number of rotatable bonds is 13. The molecule has 44 heavy (non-hydrogen) atoms. The predicted octanol–water partition coefficient (Wildman–Crippen LogP) is 8.26. The van der Waals surface area contributed by atoms with Crippen LogP contribution in [0.25, 0.3) is 0 Å². The summed E-state index contributed by atoms with van der Waals surface area (Å²) < 4.78 is 38.1. The Hall–Kier alpha value is -2.51. The van der Waals surface area contributed by atoms with Crippen LogP contribution in [0.4, 0.5) is 0 Å². The molecule has 0 aromatic heterocycles. The second-order valence-corrected chi connectivity index (χ2v) is 19.5. The summed E-state index contributed by atoms with van der Waals surface area (Å²) in [5.74, 6) is 0.217. The fraction of sp³-hybridized carbons (Fsp3) is 0.474. The Morgan fingerprint density at radius 2 is 1.39 bits per heavy atom. The van der Waals surface area contributed by atoms with E-state index >= 15 is 0 Å². The molecule has 0 radical (unpaired) electrons. The Kier molecular flexibility index (Phi) is 11.5. The first-order valence-corrected chi connectivity index (χ1v) is 19.9. The molecule has 4 nitrogen and oxygen atoms in total. The number of aryl methyl sites for hydroxylation is 1. The Balaban J connectivity index is 1.69. The summed E-state index contributed by atoms with van der Waals surface area (Å²) >= 11 is 0. The molecule has 0 saturated carbocycles. The van der Waals surface area contributed by atoms with E-state index in [1.807, 2.05) is 23.4 Å². The summed E-state index contributed by atoms with van der Waals surface area (Å²) in [5.41, 5.74) is 2.30. The fourth-order valence-corrected chi connectivity index (χ4v) is 13.7. The van der Waals surface area contributed by atoms with Crippen molar-refractivity contribution in [3.63, 3.8) is 0 Å². The van der Waals surface area contributed by atoms with Gasteiger partial charge in [-0.1, -0.05) is 138 Å². The Bertz CT molecular complexity index is 1420. The van der Waals surface area contributed by atoms with E-state index in [1.54, 1.807) is 12.1 Å². The quantitative estimate of drug-likeness (QED) is 0.108. The highest BCUT2D eigenvalue weighted by Gasteiger charge is 2.50. The maximum absolute atomic E-state index is 14.5. The average molecular weight is 632 g/mol. The smallest absolute Gasteiger partial charge is 0.261 e. The van der Waals surface area contributed by atoms with Crippen LogP contribution < -0.4 is 10.4 Å². The monoisotopic (exact) mass is 631 g/mol. The molecule has 1 heterocycles.